The molecule has 2 saturated carbocycles. The predicted molar refractivity (Wildman–Crippen MR) is 131 cm³/mol. The van der Waals surface area contributed by atoms with Crippen LogP contribution in [0.1, 0.15) is 62.0 Å². The van der Waals surface area contributed by atoms with Crippen LogP contribution >= 0.6 is 0 Å². The minimum absolute atomic E-state index is 0.00374. The molecule has 3 aliphatic carbocycles. The maximum Gasteiger partial charge on any atom is 0.407 e. The van der Waals surface area contributed by atoms with Crippen molar-refractivity contribution in [3.8, 4) is 11.1 Å². The summed E-state index contributed by atoms with van der Waals surface area (Å²) in [6.07, 6.45) is 4.46. The molecule has 0 radical (unpaired) electrons. The predicted octanol–water partition coefficient (Wildman–Crippen LogP) is 4.45. The third-order valence-electron chi connectivity index (χ3n) is 7.80. The van der Waals surface area contributed by atoms with Crippen molar-refractivity contribution in [2.24, 2.45) is 11.8 Å². The Bertz CT molecular complexity index is 1060. The zero-order valence-corrected chi connectivity index (χ0v) is 19.7. The van der Waals surface area contributed by atoms with Crippen molar-refractivity contribution in [2.45, 2.75) is 62.9 Å². The molecule has 35 heavy (non-hydrogen) atoms. The molecule has 2 aromatic carbocycles. The SMILES string of the molecule is O=C(O)CC1CC(NC(=O)[C@H]2CCCC[C@H]2NC(=O)OCC2c3ccccc3-c3ccccc32)C1. The number of hydrogen-bond acceptors (Lipinski definition) is 4. The standard InChI is InChI=1S/C28H32N2O5/c31-26(32)15-17-13-18(14-17)29-27(33)23-11-5-6-12-25(23)30-28(34)35-16-24-21-9-3-1-7-19(21)20-8-2-4-10-22(20)24/h1-4,7-10,17-18,23-25H,5-6,11-16H2,(H,29,33)(H,30,34)(H,31,32)/t17?,18?,23-,25+/m0/s1. The number of carbonyl (C=O) groups excluding carboxylic acids is 2. The van der Waals surface area contributed by atoms with Crippen molar-refractivity contribution >= 4 is 18.0 Å². The molecule has 0 aromatic heterocycles. The maximum absolute atomic E-state index is 12.9. The van der Waals surface area contributed by atoms with Crippen molar-refractivity contribution < 1.29 is 24.2 Å². The van der Waals surface area contributed by atoms with E-state index in [1.165, 1.54) is 11.1 Å². The molecular formula is C28H32N2O5. The second-order valence-corrected chi connectivity index (χ2v) is 10.1. The minimum Gasteiger partial charge on any atom is -0.481 e. The third-order valence-corrected chi connectivity index (χ3v) is 7.80. The summed E-state index contributed by atoms with van der Waals surface area (Å²) in [5.74, 6) is -0.996. The largest absolute Gasteiger partial charge is 0.481 e. The lowest BCUT2D eigenvalue weighted by Crippen LogP contribution is -2.53. The fourth-order valence-electron chi connectivity index (χ4n) is 5.98. The monoisotopic (exact) mass is 476 g/mol. The summed E-state index contributed by atoms with van der Waals surface area (Å²) in [5.41, 5.74) is 4.70. The highest BCUT2D eigenvalue weighted by molar-refractivity contribution is 5.81. The lowest BCUT2D eigenvalue weighted by Gasteiger charge is -2.38. The second-order valence-electron chi connectivity index (χ2n) is 10.1. The average molecular weight is 477 g/mol. The topological polar surface area (TPSA) is 105 Å². The van der Waals surface area contributed by atoms with Crippen LogP contribution in [0.5, 0.6) is 0 Å². The molecule has 0 bridgehead atoms. The van der Waals surface area contributed by atoms with Gasteiger partial charge >= 0.3 is 12.1 Å². The van der Waals surface area contributed by atoms with E-state index in [2.05, 4.69) is 34.9 Å². The van der Waals surface area contributed by atoms with E-state index < -0.39 is 12.1 Å². The molecule has 0 unspecified atom stereocenters. The van der Waals surface area contributed by atoms with E-state index in [9.17, 15) is 14.4 Å². The van der Waals surface area contributed by atoms with Gasteiger partial charge < -0.3 is 20.5 Å². The Kier molecular flexibility index (Phi) is 6.75. The summed E-state index contributed by atoms with van der Waals surface area (Å²) < 4.78 is 5.70. The first-order chi connectivity index (χ1) is 17.0. The number of rotatable bonds is 7. The van der Waals surface area contributed by atoms with Crippen LogP contribution in [0.3, 0.4) is 0 Å². The highest BCUT2D eigenvalue weighted by Gasteiger charge is 2.37. The van der Waals surface area contributed by atoms with Crippen LogP contribution in [0.2, 0.25) is 0 Å². The Morgan fingerprint density at radius 1 is 0.886 bits per heavy atom. The first-order valence-corrected chi connectivity index (χ1v) is 12.6. The summed E-state index contributed by atoms with van der Waals surface area (Å²) in [7, 11) is 0. The number of carbonyl (C=O) groups is 3. The van der Waals surface area contributed by atoms with Gasteiger partial charge in [0, 0.05) is 24.4 Å². The number of benzene rings is 2. The fraction of sp³-hybridized carbons (Fsp3) is 0.464. The van der Waals surface area contributed by atoms with Crippen molar-refractivity contribution in [3.05, 3.63) is 59.7 Å². The molecule has 2 amide bonds. The molecule has 2 fully saturated rings. The van der Waals surface area contributed by atoms with Crippen LogP contribution in [0.15, 0.2) is 48.5 Å². The van der Waals surface area contributed by atoms with Gasteiger partial charge in [0.05, 0.1) is 5.92 Å². The summed E-state index contributed by atoms with van der Waals surface area (Å²) in [4.78, 5) is 36.6. The normalized spacial score (nSPS) is 25.0. The van der Waals surface area contributed by atoms with E-state index in [0.29, 0.717) is 12.8 Å². The van der Waals surface area contributed by atoms with E-state index in [1.807, 2.05) is 24.3 Å². The van der Waals surface area contributed by atoms with E-state index >= 15 is 0 Å². The van der Waals surface area contributed by atoms with Crippen LogP contribution < -0.4 is 10.6 Å². The lowest BCUT2D eigenvalue weighted by atomic mass is 9.77. The molecule has 5 rings (SSSR count). The van der Waals surface area contributed by atoms with Gasteiger partial charge in [-0.25, -0.2) is 4.79 Å². The number of aliphatic carboxylic acids is 1. The molecule has 7 heteroatoms. The number of hydrogen-bond donors (Lipinski definition) is 3. The molecule has 0 saturated heterocycles. The van der Waals surface area contributed by atoms with E-state index in [-0.39, 0.29) is 48.8 Å². The first kappa shape index (κ1) is 23.4. The number of carboxylic acids is 1. The third kappa shape index (κ3) is 5.04. The molecule has 0 heterocycles. The number of ether oxygens (including phenoxy) is 1. The Labute approximate surface area is 205 Å². The zero-order valence-electron chi connectivity index (χ0n) is 19.7. The first-order valence-electron chi connectivity index (χ1n) is 12.6. The van der Waals surface area contributed by atoms with Gasteiger partial charge in [-0.05, 0) is 53.9 Å². The van der Waals surface area contributed by atoms with E-state index in [1.54, 1.807) is 0 Å². The van der Waals surface area contributed by atoms with Crippen LogP contribution in [-0.4, -0.2) is 41.8 Å². The van der Waals surface area contributed by atoms with Gasteiger partial charge in [0.15, 0.2) is 0 Å². The molecule has 3 aliphatic rings. The van der Waals surface area contributed by atoms with Crippen LogP contribution in [0.4, 0.5) is 4.79 Å². The fourth-order valence-corrected chi connectivity index (χ4v) is 5.98. The Morgan fingerprint density at radius 2 is 1.51 bits per heavy atom. The van der Waals surface area contributed by atoms with Gasteiger partial charge in [-0.1, -0.05) is 61.4 Å². The highest BCUT2D eigenvalue weighted by Crippen LogP contribution is 2.44. The number of fused-ring (bicyclic) bond motifs is 3. The minimum atomic E-state index is -0.792. The van der Waals surface area contributed by atoms with Crippen molar-refractivity contribution in [2.75, 3.05) is 6.61 Å². The van der Waals surface area contributed by atoms with Gasteiger partial charge in [-0.3, -0.25) is 9.59 Å². The van der Waals surface area contributed by atoms with Crippen LogP contribution in [0.25, 0.3) is 11.1 Å². The van der Waals surface area contributed by atoms with Crippen LogP contribution in [0, 0.1) is 11.8 Å². The zero-order chi connectivity index (χ0) is 24.4. The van der Waals surface area contributed by atoms with Crippen LogP contribution in [-0.2, 0) is 14.3 Å². The molecule has 0 spiro atoms. The number of nitrogens with one attached hydrogen (secondary N) is 2. The number of amides is 2. The summed E-state index contributed by atoms with van der Waals surface area (Å²) in [6.45, 7) is 0.247. The maximum atomic E-state index is 12.9. The van der Waals surface area contributed by atoms with Gasteiger partial charge in [0.25, 0.3) is 0 Å². The van der Waals surface area contributed by atoms with Crippen molar-refractivity contribution in [3.63, 3.8) is 0 Å². The molecule has 3 N–H and O–H groups in total. The Morgan fingerprint density at radius 3 is 2.17 bits per heavy atom. The number of alkyl carbamates (subject to hydrolysis) is 1. The quantitative estimate of drug-likeness (QED) is 0.548. The van der Waals surface area contributed by atoms with Gasteiger partial charge in [-0.2, -0.15) is 0 Å². The average Bonchev–Trinajstić information content (AvgIpc) is 3.15. The Balaban J connectivity index is 1.16. The van der Waals surface area contributed by atoms with E-state index in [4.69, 9.17) is 9.84 Å². The lowest BCUT2D eigenvalue weighted by molar-refractivity contribution is -0.139. The molecule has 184 valence electrons. The van der Waals surface area contributed by atoms with E-state index in [0.717, 1.165) is 36.8 Å². The van der Waals surface area contributed by atoms with Gasteiger partial charge in [-0.15, -0.1) is 0 Å². The summed E-state index contributed by atoms with van der Waals surface area (Å²) >= 11 is 0. The highest BCUT2D eigenvalue weighted by atomic mass is 16.5. The second kappa shape index (κ2) is 10.1. The smallest absolute Gasteiger partial charge is 0.407 e. The summed E-state index contributed by atoms with van der Waals surface area (Å²) in [5, 5.41) is 14.9. The molecule has 2 aromatic rings. The molecular weight excluding hydrogens is 444 g/mol. The molecule has 0 aliphatic heterocycles. The van der Waals surface area contributed by atoms with Crippen molar-refractivity contribution in [1.82, 2.24) is 10.6 Å². The van der Waals surface area contributed by atoms with Gasteiger partial charge in [0.2, 0.25) is 5.91 Å². The summed E-state index contributed by atoms with van der Waals surface area (Å²) in [6, 6.07) is 16.2. The Hall–Kier alpha value is -3.35. The number of carboxylic acid groups (broad SMARTS) is 1. The molecule has 7 nitrogen and oxygen atoms in total. The van der Waals surface area contributed by atoms with Gasteiger partial charge in [0.1, 0.15) is 6.61 Å². The molecule has 2 atom stereocenters. The van der Waals surface area contributed by atoms with Crippen molar-refractivity contribution in [1.29, 1.82) is 0 Å².